The number of halogens is 5. The van der Waals surface area contributed by atoms with E-state index in [9.17, 15) is 32.3 Å². The number of phenolic OH excluding ortho intramolecular Hbond substituents is 1. The van der Waals surface area contributed by atoms with Crippen molar-refractivity contribution in [3.05, 3.63) is 70.8 Å². The molecule has 0 saturated carbocycles. The molecule has 13 heteroatoms. The van der Waals surface area contributed by atoms with Crippen LogP contribution in [-0.4, -0.2) is 40.4 Å². The highest BCUT2D eigenvalue weighted by Crippen LogP contribution is 2.40. The van der Waals surface area contributed by atoms with E-state index >= 15 is 0 Å². The molecule has 1 fully saturated rings. The Labute approximate surface area is 219 Å². The third kappa shape index (κ3) is 7.32. The molecule has 0 aliphatic carbocycles. The van der Waals surface area contributed by atoms with E-state index in [1.807, 2.05) is 0 Å². The number of hydrogen-bond donors (Lipinski definition) is 4. The van der Waals surface area contributed by atoms with Crippen LogP contribution in [0.15, 0.2) is 42.5 Å². The number of hydrogen-bond acceptors (Lipinski definition) is 7. The van der Waals surface area contributed by atoms with Crippen molar-refractivity contribution in [3.63, 3.8) is 0 Å². The number of carbonyl (C=O) groups is 1. The molecule has 39 heavy (non-hydrogen) atoms. The third-order valence-corrected chi connectivity index (χ3v) is 5.81. The molecule has 3 aromatic rings. The van der Waals surface area contributed by atoms with Gasteiger partial charge in [0.15, 0.2) is 11.6 Å². The first-order chi connectivity index (χ1) is 18.4. The van der Waals surface area contributed by atoms with Crippen LogP contribution in [0.4, 0.5) is 27.8 Å². The number of nitriles is 1. The van der Waals surface area contributed by atoms with Crippen LogP contribution in [0.25, 0.3) is 11.3 Å². The molecule has 8 nitrogen and oxygen atoms in total. The number of carboxylic acid groups (broad SMARTS) is 1. The van der Waals surface area contributed by atoms with Gasteiger partial charge in [-0.3, -0.25) is 0 Å². The number of piperidine rings is 1. The van der Waals surface area contributed by atoms with Gasteiger partial charge < -0.3 is 26.0 Å². The fourth-order valence-electron chi connectivity index (χ4n) is 3.96. The second kappa shape index (κ2) is 12.4. The summed E-state index contributed by atoms with van der Waals surface area (Å²) in [6.45, 7) is 1.60. The number of alkyl halides is 3. The Morgan fingerprint density at radius 1 is 1.21 bits per heavy atom. The SMILES string of the molecule is N#Cc1c(C2CCCNC2)cc(-c2c(O)cccc2OCc2ccc(F)c(F)c2)nc1N.O=C(O)C(F)(F)F. The van der Waals surface area contributed by atoms with Gasteiger partial charge in [-0.15, -0.1) is 0 Å². The number of carboxylic acids is 1. The lowest BCUT2D eigenvalue weighted by atomic mass is 9.88. The number of nitrogens with zero attached hydrogens (tertiary/aromatic N) is 2. The summed E-state index contributed by atoms with van der Waals surface area (Å²) in [5, 5.41) is 30.7. The summed E-state index contributed by atoms with van der Waals surface area (Å²) in [7, 11) is 0. The molecule has 0 bridgehead atoms. The summed E-state index contributed by atoms with van der Waals surface area (Å²) in [6.07, 6.45) is -3.20. The van der Waals surface area contributed by atoms with E-state index in [0.717, 1.165) is 43.6 Å². The second-order valence-corrected chi connectivity index (χ2v) is 8.50. The van der Waals surface area contributed by atoms with Crippen molar-refractivity contribution in [1.29, 1.82) is 5.26 Å². The van der Waals surface area contributed by atoms with Crippen molar-refractivity contribution < 1.29 is 41.7 Å². The maximum Gasteiger partial charge on any atom is 0.490 e. The highest BCUT2D eigenvalue weighted by atomic mass is 19.4. The molecule has 5 N–H and O–H groups in total. The Morgan fingerprint density at radius 2 is 1.92 bits per heavy atom. The largest absolute Gasteiger partial charge is 0.507 e. The van der Waals surface area contributed by atoms with Crippen molar-refractivity contribution in [1.82, 2.24) is 10.3 Å². The number of aromatic nitrogens is 1. The van der Waals surface area contributed by atoms with Gasteiger partial charge in [0.05, 0.1) is 16.8 Å². The summed E-state index contributed by atoms with van der Waals surface area (Å²) in [5.74, 6) is -4.24. The van der Waals surface area contributed by atoms with Crippen LogP contribution in [0.2, 0.25) is 0 Å². The summed E-state index contributed by atoms with van der Waals surface area (Å²) in [5.41, 5.74) is 8.35. The van der Waals surface area contributed by atoms with Crippen molar-refractivity contribution in [2.45, 2.75) is 31.5 Å². The van der Waals surface area contributed by atoms with Crippen LogP contribution in [0.1, 0.15) is 35.4 Å². The first-order valence-electron chi connectivity index (χ1n) is 11.5. The van der Waals surface area contributed by atoms with Crippen molar-refractivity contribution in [2.24, 2.45) is 0 Å². The maximum absolute atomic E-state index is 13.5. The number of aromatic hydroxyl groups is 1. The second-order valence-electron chi connectivity index (χ2n) is 8.50. The molecule has 1 unspecified atom stereocenters. The Balaban J connectivity index is 0.000000532. The number of nitrogens with one attached hydrogen (secondary N) is 1. The molecule has 0 radical (unpaired) electrons. The summed E-state index contributed by atoms with van der Waals surface area (Å²) < 4.78 is 64.3. The number of pyridine rings is 1. The minimum atomic E-state index is -5.08. The van der Waals surface area contributed by atoms with Crippen LogP contribution in [0.5, 0.6) is 11.5 Å². The van der Waals surface area contributed by atoms with Crippen LogP contribution in [0.3, 0.4) is 0 Å². The van der Waals surface area contributed by atoms with Crippen molar-refractivity contribution >= 4 is 11.8 Å². The normalized spacial score (nSPS) is 15.0. The lowest BCUT2D eigenvalue weighted by molar-refractivity contribution is -0.192. The summed E-state index contributed by atoms with van der Waals surface area (Å²) in [4.78, 5) is 13.3. The molecule has 1 atom stereocenters. The average molecular weight is 550 g/mol. The zero-order valence-corrected chi connectivity index (χ0v) is 20.2. The van der Waals surface area contributed by atoms with Gasteiger partial charge >= 0.3 is 12.1 Å². The van der Waals surface area contributed by atoms with Gasteiger partial charge in [-0.2, -0.15) is 18.4 Å². The molecule has 4 rings (SSSR count). The Kier molecular flexibility index (Phi) is 9.26. The van der Waals surface area contributed by atoms with E-state index in [0.29, 0.717) is 28.1 Å². The molecular formula is C26H23F5N4O4. The number of anilines is 1. The first kappa shape index (κ1) is 29.1. The number of aliphatic carboxylic acids is 1. The smallest absolute Gasteiger partial charge is 0.490 e. The minimum absolute atomic E-state index is 0.0428. The minimum Gasteiger partial charge on any atom is -0.507 e. The summed E-state index contributed by atoms with van der Waals surface area (Å²) >= 11 is 0. The summed E-state index contributed by atoms with van der Waals surface area (Å²) in [6, 6.07) is 12.2. The zero-order chi connectivity index (χ0) is 28.7. The standard InChI is InChI=1S/C24H22F2N4O2.C2HF3O2/c25-18-7-6-14(9-19(18)26)13-32-22-5-1-4-21(31)23(22)20-10-16(15-3-2-8-29-12-15)17(11-27)24(28)30-20;3-2(4,5)1(6)7/h1,4-7,9-10,15,29,31H,2-3,8,12-13H2,(H2,28,30);(H,6,7). The molecule has 1 aliphatic heterocycles. The zero-order valence-electron chi connectivity index (χ0n) is 20.2. The fraction of sp³-hybridized carbons (Fsp3) is 0.269. The quantitative estimate of drug-likeness (QED) is 0.330. The fourth-order valence-corrected chi connectivity index (χ4v) is 3.96. The number of nitrogen functional groups attached to an aromatic ring is 1. The van der Waals surface area contributed by atoms with Gasteiger partial charge in [-0.25, -0.2) is 18.6 Å². The van der Waals surface area contributed by atoms with Gasteiger partial charge in [-0.1, -0.05) is 12.1 Å². The third-order valence-electron chi connectivity index (χ3n) is 5.81. The number of rotatable bonds is 5. The average Bonchev–Trinajstić information content (AvgIpc) is 2.89. The van der Waals surface area contributed by atoms with Gasteiger partial charge in [-0.05, 0) is 66.8 Å². The number of ether oxygens (including phenoxy) is 1. The molecular weight excluding hydrogens is 527 g/mol. The maximum atomic E-state index is 13.5. The van der Waals surface area contributed by atoms with Gasteiger partial charge in [0.1, 0.15) is 30.0 Å². The van der Waals surface area contributed by atoms with Crippen LogP contribution in [-0.2, 0) is 11.4 Å². The van der Waals surface area contributed by atoms with E-state index in [-0.39, 0.29) is 24.1 Å². The lowest BCUT2D eigenvalue weighted by Gasteiger charge is -2.25. The van der Waals surface area contributed by atoms with Crippen LogP contribution < -0.4 is 15.8 Å². The number of benzene rings is 2. The number of nitrogens with two attached hydrogens (primary N) is 1. The van der Waals surface area contributed by atoms with Crippen molar-refractivity contribution in [2.75, 3.05) is 18.8 Å². The van der Waals surface area contributed by atoms with E-state index in [1.54, 1.807) is 18.2 Å². The topological polar surface area (TPSA) is 141 Å². The van der Waals surface area contributed by atoms with E-state index in [4.69, 9.17) is 20.4 Å². The van der Waals surface area contributed by atoms with E-state index < -0.39 is 23.8 Å². The Bertz CT molecular complexity index is 1390. The predicted octanol–water partition coefficient (Wildman–Crippen LogP) is 4.87. The van der Waals surface area contributed by atoms with Gasteiger partial charge in [0.2, 0.25) is 0 Å². The number of phenols is 1. The highest BCUT2D eigenvalue weighted by molar-refractivity contribution is 5.76. The van der Waals surface area contributed by atoms with Gasteiger partial charge in [0.25, 0.3) is 0 Å². The molecule has 1 saturated heterocycles. The lowest BCUT2D eigenvalue weighted by Crippen LogP contribution is -2.29. The van der Waals surface area contributed by atoms with Crippen LogP contribution >= 0.6 is 0 Å². The molecule has 1 aromatic heterocycles. The highest BCUT2D eigenvalue weighted by Gasteiger charge is 2.38. The van der Waals surface area contributed by atoms with Crippen molar-refractivity contribution in [3.8, 4) is 28.8 Å². The van der Waals surface area contributed by atoms with E-state index in [2.05, 4.69) is 16.4 Å². The van der Waals surface area contributed by atoms with Crippen LogP contribution in [0, 0.1) is 23.0 Å². The molecule has 0 spiro atoms. The molecule has 1 aliphatic rings. The van der Waals surface area contributed by atoms with Gasteiger partial charge in [0, 0.05) is 6.54 Å². The monoisotopic (exact) mass is 550 g/mol. The predicted molar refractivity (Wildman–Crippen MR) is 130 cm³/mol. The first-order valence-corrected chi connectivity index (χ1v) is 11.5. The molecule has 2 heterocycles. The molecule has 2 aromatic carbocycles. The Morgan fingerprint density at radius 3 is 2.51 bits per heavy atom. The Hall–Kier alpha value is -4.44. The molecule has 206 valence electrons. The van der Waals surface area contributed by atoms with E-state index in [1.165, 1.54) is 12.1 Å². The molecule has 0 amide bonds.